The lowest BCUT2D eigenvalue weighted by molar-refractivity contribution is -0.0989. The number of benzene rings is 2. The Kier molecular flexibility index (Phi) is 5.87. The summed E-state index contributed by atoms with van der Waals surface area (Å²) < 4.78 is 3.65. The largest absolute Gasteiger partial charge is 0.373 e. The lowest BCUT2D eigenvalue weighted by Crippen LogP contribution is -2.59. The predicted molar refractivity (Wildman–Crippen MR) is 162 cm³/mol. The first-order chi connectivity index (χ1) is 19.6. The fourth-order valence-corrected chi connectivity index (χ4v) is 6.45. The van der Waals surface area contributed by atoms with E-state index < -0.39 is 0 Å². The first-order valence-corrected chi connectivity index (χ1v) is 14.4. The van der Waals surface area contributed by atoms with Crippen molar-refractivity contribution in [3.8, 4) is 0 Å². The molecule has 1 unspecified atom stereocenters. The molecule has 0 aliphatic heterocycles. The van der Waals surface area contributed by atoms with Gasteiger partial charge in [-0.15, -0.1) is 5.10 Å². The average molecular weight is 569 g/mol. The number of aryl methyl sites for hydroxylation is 1. The molecule has 2 bridgehead atoms. The van der Waals surface area contributed by atoms with Crippen LogP contribution in [-0.2, 0) is 12.6 Å². The summed E-state index contributed by atoms with van der Waals surface area (Å²) in [6, 6.07) is 11.4. The molecule has 2 N–H and O–H groups in total. The highest BCUT2D eigenvalue weighted by Gasteiger charge is 2.58. The van der Waals surface area contributed by atoms with Crippen LogP contribution in [0.25, 0.3) is 21.7 Å². The lowest BCUT2D eigenvalue weighted by Gasteiger charge is -2.61. The quantitative estimate of drug-likeness (QED) is 0.252. The molecule has 210 valence electrons. The summed E-state index contributed by atoms with van der Waals surface area (Å²) in [7, 11) is 1.77. The maximum atomic E-state index is 13.0. The van der Waals surface area contributed by atoms with E-state index >= 15 is 0 Å². The number of halogens is 1. The predicted octanol–water partition coefficient (Wildman–Crippen LogP) is 5.90. The standard InChI is InChI=1S/C31H33ClN8O/c1-30(2,3)16-33-28-23-10-19(11-24(32)26(23)34-17-35-28)36-27(25-15-40(38-37-25)31-12-18(13-31)14-31)21-6-5-7-22-20(21)8-9-39(4)29(22)41/h5-11,15,17-18,27,36H,12-14,16H2,1-4H3,(H,33,34,35). The van der Waals surface area contributed by atoms with E-state index in [0.29, 0.717) is 15.9 Å². The van der Waals surface area contributed by atoms with E-state index in [-0.39, 0.29) is 22.6 Å². The van der Waals surface area contributed by atoms with Crippen LogP contribution in [0.15, 0.2) is 59.9 Å². The minimum atomic E-state index is -0.379. The monoisotopic (exact) mass is 568 g/mol. The Labute approximate surface area is 243 Å². The van der Waals surface area contributed by atoms with Crippen LogP contribution in [0, 0.1) is 11.3 Å². The first kappa shape index (κ1) is 26.0. The molecule has 8 rings (SSSR count). The number of nitrogens with one attached hydrogen (secondary N) is 2. The summed E-state index contributed by atoms with van der Waals surface area (Å²) in [5.74, 6) is 1.56. The molecule has 3 heterocycles. The Bertz CT molecular complexity index is 1850. The van der Waals surface area contributed by atoms with Gasteiger partial charge in [-0.1, -0.05) is 49.7 Å². The number of hydrogen-bond acceptors (Lipinski definition) is 7. The number of aromatic nitrogens is 6. The van der Waals surface area contributed by atoms with E-state index in [1.165, 1.54) is 25.6 Å². The average Bonchev–Trinajstić information content (AvgIpc) is 3.35. The molecule has 0 spiro atoms. The van der Waals surface area contributed by atoms with Crippen molar-refractivity contribution >= 4 is 44.8 Å². The zero-order chi connectivity index (χ0) is 28.5. The summed E-state index contributed by atoms with van der Waals surface area (Å²) >= 11 is 6.79. The fourth-order valence-electron chi connectivity index (χ4n) is 6.18. The van der Waals surface area contributed by atoms with Crippen molar-refractivity contribution in [1.82, 2.24) is 29.5 Å². The van der Waals surface area contributed by atoms with Crippen molar-refractivity contribution in [2.24, 2.45) is 18.4 Å². The van der Waals surface area contributed by atoms with Crippen molar-refractivity contribution in [1.29, 1.82) is 0 Å². The minimum Gasteiger partial charge on any atom is -0.373 e. The molecule has 0 amide bonds. The molecular weight excluding hydrogens is 536 g/mol. The van der Waals surface area contributed by atoms with Crippen molar-refractivity contribution < 1.29 is 0 Å². The van der Waals surface area contributed by atoms with Gasteiger partial charge in [0.1, 0.15) is 17.8 Å². The molecule has 3 aromatic heterocycles. The highest BCUT2D eigenvalue weighted by atomic mass is 35.5. The molecule has 2 aromatic carbocycles. The Hall–Kier alpha value is -3.98. The summed E-state index contributed by atoms with van der Waals surface area (Å²) in [6.45, 7) is 7.26. The number of rotatable bonds is 7. The van der Waals surface area contributed by atoms with Gasteiger partial charge >= 0.3 is 0 Å². The highest BCUT2D eigenvalue weighted by Crippen LogP contribution is 2.62. The Morgan fingerprint density at radius 1 is 1.10 bits per heavy atom. The van der Waals surface area contributed by atoms with Crippen molar-refractivity contribution in [3.05, 3.63) is 81.8 Å². The van der Waals surface area contributed by atoms with E-state index in [9.17, 15) is 4.79 Å². The molecule has 3 fully saturated rings. The summed E-state index contributed by atoms with van der Waals surface area (Å²) in [5, 5.41) is 19.3. The van der Waals surface area contributed by atoms with Crippen LogP contribution >= 0.6 is 11.6 Å². The van der Waals surface area contributed by atoms with E-state index in [0.717, 1.165) is 46.0 Å². The molecule has 3 aliphatic rings. The topological polar surface area (TPSA) is 103 Å². The molecule has 3 aliphatic carbocycles. The van der Waals surface area contributed by atoms with Crippen LogP contribution in [-0.4, -0.2) is 36.1 Å². The first-order valence-electron chi connectivity index (χ1n) is 14.1. The Balaban J connectivity index is 1.34. The third kappa shape index (κ3) is 4.43. The van der Waals surface area contributed by atoms with Crippen molar-refractivity contribution in [2.45, 2.75) is 51.6 Å². The number of hydrogen-bond donors (Lipinski definition) is 2. The van der Waals surface area contributed by atoms with Gasteiger partial charge in [-0.2, -0.15) is 0 Å². The maximum absolute atomic E-state index is 13.0. The molecule has 41 heavy (non-hydrogen) atoms. The Morgan fingerprint density at radius 2 is 1.90 bits per heavy atom. The van der Waals surface area contributed by atoms with Crippen LogP contribution in [0.1, 0.15) is 57.3 Å². The van der Waals surface area contributed by atoms with Gasteiger partial charge in [0.2, 0.25) is 0 Å². The summed E-state index contributed by atoms with van der Waals surface area (Å²) in [4.78, 5) is 22.0. The molecule has 0 radical (unpaired) electrons. The van der Waals surface area contributed by atoms with Gasteiger partial charge in [0.25, 0.3) is 5.56 Å². The molecule has 9 nitrogen and oxygen atoms in total. The molecular formula is C31H33ClN8O. The van der Waals surface area contributed by atoms with E-state index in [4.69, 9.17) is 11.6 Å². The molecule has 3 saturated carbocycles. The van der Waals surface area contributed by atoms with E-state index in [1.54, 1.807) is 17.8 Å². The zero-order valence-corrected chi connectivity index (χ0v) is 24.4. The molecule has 1 atom stereocenters. The van der Waals surface area contributed by atoms with Crippen molar-refractivity contribution in [2.75, 3.05) is 17.2 Å². The van der Waals surface area contributed by atoms with Crippen LogP contribution in [0.2, 0.25) is 5.02 Å². The summed E-state index contributed by atoms with van der Waals surface area (Å²) in [5.41, 5.74) is 3.35. The second-order valence-electron chi connectivity index (χ2n) is 12.9. The van der Waals surface area contributed by atoms with E-state index in [2.05, 4.69) is 62.6 Å². The zero-order valence-electron chi connectivity index (χ0n) is 23.6. The molecule has 10 heteroatoms. The van der Waals surface area contributed by atoms with Crippen molar-refractivity contribution in [3.63, 3.8) is 0 Å². The smallest absolute Gasteiger partial charge is 0.258 e. The van der Waals surface area contributed by atoms with E-state index in [1.807, 2.05) is 36.4 Å². The number of pyridine rings is 1. The molecule has 0 saturated heterocycles. The van der Waals surface area contributed by atoms with Gasteiger partial charge < -0.3 is 15.2 Å². The maximum Gasteiger partial charge on any atom is 0.258 e. The van der Waals surface area contributed by atoms with Crippen LogP contribution in [0.4, 0.5) is 11.5 Å². The summed E-state index contributed by atoms with van der Waals surface area (Å²) in [6.07, 6.45) is 8.92. The SMILES string of the molecule is Cn1ccc2c(C(Nc3cc(Cl)c4ncnc(NCC(C)(C)C)c4c3)c3cn(C45CC(C4)C5)nn3)cccc2c1=O. The highest BCUT2D eigenvalue weighted by molar-refractivity contribution is 6.35. The minimum absolute atomic E-state index is 0.0407. The van der Waals surface area contributed by atoms with Crippen LogP contribution < -0.4 is 16.2 Å². The number of fused-ring (bicyclic) bond motifs is 2. The van der Waals surface area contributed by atoms with Gasteiger partial charge in [-0.3, -0.25) is 4.79 Å². The molecule has 5 aromatic rings. The third-order valence-electron chi connectivity index (χ3n) is 8.55. The van der Waals surface area contributed by atoms with Gasteiger partial charge in [-0.25, -0.2) is 14.6 Å². The normalized spacial score (nSPS) is 20.5. The Morgan fingerprint density at radius 3 is 2.63 bits per heavy atom. The fraction of sp³-hybridized carbons (Fsp3) is 0.387. The van der Waals surface area contributed by atoms with Crippen LogP contribution in [0.5, 0.6) is 0 Å². The van der Waals surface area contributed by atoms with Gasteiger partial charge in [0.15, 0.2) is 0 Å². The van der Waals surface area contributed by atoms with Gasteiger partial charge in [0.05, 0.1) is 28.3 Å². The number of anilines is 2. The van der Waals surface area contributed by atoms with Crippen LogP contribution in [0.3, 0.4) is 0 Å². The van der Waals surface area contributed by atoms with Gasteiger partial charge in [-0.05, 0) is 65.8 Å². The van der Waals surface area contributed by atoms with Gasteiger partial charge in [0, 0.05) is 36.2 Å². The lowest BCUT2D eigenvalue weighted by atomic mass is 9.50. The third-order valence-corrected chi connectivity index (χ3v) is 8.84. The second-order valence-corrected chi connectivity index (χ2v) is 13.3. The second kappa shape index (κ2) is 9.27. The number of nitrogens with zero attached hydrogens (tertiary/aromatic N) is 6.